The van der Waals surface area contributed by atoms with Crippen LogP contribution in [0.3, 0.4) is 0 Å². The summed E-state index contributed by atoms with van der Waals surface area (Å²) in [6, 6.07) is 3.29. The van der Waals surface area contributed by atoms with E-state index in [4.69, 9.17) is 16.7 Å². The second-order valence-corrected chi connectivity index (χ2v) is 3.58. The van der Waals surface area contributed by atoms with Crippen LogP contribution in [0.5, 0.6) is 0 Å². The maximum Gasteiger partial charge on any atom is 0.320 e. The van der Waals surface area contributed by atoms with Gasteiger partial charge in [-0.15, -0.1) is 0 Å². The maximum absolute atomic E-state index is 12.8. The Morgan fingerprint density at radius 2 is 2.33 bits per heavy atom. The predicted molar refractivity (Wildman–Crippen MR) is 55.3 cm³/mol. The number of carbonyl (C=O) groups is 1. The number of rotatable bonds is 4. The van der Waals surface area contributed by atoms with Crippen molar-refractivity contribution in [1.82, 2.24) is 5.32 Å². The molecule has 0 aliphatic heterocycles. The van der Waals surface area contributed by atoms with E-state index >= 15 is 0 Å². The highest BCUT2D eigenvalue weighted by Gasteiger charge is 2.10. The topological polar surface area (TPSA) is 49.3 Å². The zero-order valence-electron chi connectivity index (χ0n) is 8.13. The summed E-state index contributed by atoms with van der Waals surface area (Å²) in [5, 5.41) is 11.7. The van der Waals surface area contributed by atoms with Crippen molar-refractivity contribution in [3.05, 3.63) is 34.6 Å². The molecule has 0 aromatic heterocycles. The fourth-order valence-corrected chi connectivity index (χ4v) is 1.21. The highest BCUT2D eigenvalue weighted by molar-refractivity contribution is 6.31. The molecule has 1 rings (SSSR count). The lowest BCUT2D eigenvalue weighted by Crippen LogP contribution is -2.33. The fourth-order valence-electron chi connectivity index (χ4n) is 1.03. The van der Waals surface area contributed by atoms with Gasteiger partial charge in [0.1, 0.15) is 11.9 Å². The summed E-state index contributed by atoms with van der Waals surface area (Å²) in [5.41, 5.74) is 0.546. The van der Waals surface area contributed by atoms with Crippen LogP contribution in [0.4, 0.5) is 4.39 Å². The fraction of sp³-hybridized carbons (Fsp3) is 0.300. The van der Waals surface area contributed by atoms with Crippen LogP contribution in [0, 0.1) is 5.82 Å². The van der Waals surface area contributed by atoms with E-state index in [0.717, 1.165) is 0 Å². The van der Waals surface area contributed by atoms with E-state index < -0.39 is 12.0 Å². The molecule has 0 aliphatic rings. The lowest BCUT2D eigenvalue weighted by Gasteiger charge is -2.10. The monoisotopic (exact) mass is 231 g/mol. The molecular weight excluding hydrogens is 221 g/mol. The highest BCUT2D eigenvalue weighted by atomic mass is 35.5. The summed E-state index contributed by atoms with van der Waals surface area (Å²) in [6.07, 6.45) is 0. The van der Waals surface area contributed by atoms with Crippen molar-refractivity contribution in [3.8, 4) is 0 Å². The third-order valence-electron chi connectivity index (χ3n) is 1.98. The number of carboxylic acids is 1. The van der Waals surface area contributed by atoms with Gasteiger partial charge in [-0.3, -0.25) is 4.79 Å². The second kappa shape index (κ2) is 5.09. The zero-order valence-corrected chi connectivity index (χ0v) is 8.88. The summed E-state index contributed by atoms with van der Waals surface area (Å²) >= 11 is 5.81. The standard InChI is InChI=1S/C10H11ClFNO2/c1-6(10(14)15)13-5-7-4-8(12)2-3-9(7)11/h2-4,6,13H,5H2,1H3,(H,14,15)/t6-/m1/s1. The van der Waals surface area contributed by atoms with Gasteiger partial charge in [0, 0.05) is 11.6 Å². The first kappa shape index (κ1) is 11.9. The first-order valence-corrected chi connectivity index (χ1v) is 4.78. The molecule has 1 aromatic rings. The van der Waals surface area contributed by atoms with Gasteiger partial charge in [0.15, 0.2) is 0 Å². The Balaban J connectivity index is 2.65. The minimum absolute atomic E-state index is 0.226. The van der Waals surface area contributed by atoms with Crippen LogP contribution in [0.15, 0.2) is 18.2 Å². The van der Waals surface area contributed by atoms with E-state index in [1.807, 2.05) is 0 Å². The number of hydrogen-bond acceptors (Lipinski definition) is 2. The molecule has 0 heterocycles. The molecule has 0 unspecified atom stereocenters. The van der Waals surface area contributed by atoms with Gasteiger partial charge in [-0.1, -0.05) is 11.6 Å². The third-order valence-corrected chi connectivity index (χ3v) is 2.35. The molecule has 1 atom stereocenters. The first-order valence-electron chi connectivity index (χ1n) is 4.41. The Kier molecular flexibility index (Phi) is 4.05. The largest absolute Gasteiger partial charge is 0.480 e. The molecule has 0 saturated carbocycles. The molecule has 0 radical (unpaired) electrons. The zero-order chi connectivity index (χ0) is 11.4. The molecule has 0 saturated heterocycles. The molecule has 0 spiro atoms. The van der Waals surface area contributed by atoms with Gasteiger partial charge in [-0.2, -0.15) is 0 Å². The molecule has 3 nitrogen and oxygen atoms in total. The van der Waals surface area contributed by atoms with Crippen LogP contribution in [0.1, 0.15) is 12.5 Å². The summed E-state index contributed by atoms with van der Waals surface area (Å²) in [4.78, 5) is 10.5. The number of aliphatic carboxylic acids is 1. The number of nitrogens with one attached hydrogen (secondary N) is 1. The van der Waals surface area contributed by atoms with E-state index in [-0.39, 0.29) is 12.4 Å². The number of carboxylic acid groups (broad SMARTS) is 1. The molecule has 0 fully saturated rings. The van der Waals surface area contributed by atoms with Crippen LogP contribution in [0.25, 0.3) is 0 Å². The van der Waals surface area contributed by atoms with E-state index in [1.165, 1.54) is 25.1 Å². The quantitative estimate of drug-likeness (QED) is 0.834. The van der Waals surface area contributed by atoms with Gasteiger partial charge in [0.05, 0.1) is 0 Å². The van der Waals surface area contributed by atoms with Gasteiger partial charge < -0.3 is 10.4 Å². The maximum atomic E-state index is 12.8. The van der Waals surface area contributed by atoms with Crippen LogP contribution >= 0.6 is 11.6 Å². The molecule has 5 heteroatoms. The van der Waals surface area contributed by atoms with E-state index in [9.17, 15) is 9.18 Å². The molecular formula is C10H11ClFNO2. The Bertz CT molecular complexity index is 370. The predicted octanol–water partition coefficient (Wildman–Crippen LogP) is 2.04. The van der Waals surface area contributed by atoms with Crippen molar-refractivity contribution >= 4 is 17.6 Å². The van der Waals surface area contributed by atoms with Crippen molar-refractivity contribution in [2.75, 3.05) is 0 Å². The molecule has 1 aromatic carbocycles. The molecule has 0 amide bonds. The van der Waals surface area contributed by atoms with Crippen LogP contribution in [-0.4, -0.2) is 17.1 Å². The molecule has 0 aliphatic carbocycles. The lowest BCUT2D eigenvalue weighted by atomic mass is 10.2. The molecule has 15 heavy (non-hydrogen) atoms. The van der Waals surface area contributed by atoms with Crippen LogP contribution in [0.2, 0.25) is 5.02 Å². The molecule has 2 N–H and O–H groups in total. The Morgan fingerprint density at radius 1 is 1.67 bits per heavy atom. The second-order valence-electron chi connectivity index (χ2n) is 3.18. The van der Waals surface area contributed by atoms with Crippen molar-refractivity contribution in [2.24, 2.45) is 0 Å². The molecule has 0 bridgehead atoms. The van der Waals surface area contributed by atoms with Crippen LogP contribution < -0.4 is 5.32 Å². The third kappa shape index (κ3) is 3.49. The minimum Gasteiger partial charge on any atom is -0.480 e. The SMILES string of the molecule is C[C@@H](NCc1cc(F)ccc1Cl)C(=O)O. The van der Waals surface area contributed by atoms with Gasteiger partial charge in [0.25, 0.3) is 0 Å². The highest BCUT2D eigenvalue weighted by Crippen LogP contribution is 2.16. The van der Waals surface area contributed by atoms with E-state index in [1.54, 1.807) is 0 Å². The first-order chi connectivity index (χ1) is 7.00. The van der Waals surface area contributed by atoms with Crippen molar-refractivity contribution < 1.29 is 14.3 Å². The summed E-state index contributed by atoms with van der Waals surface area (Å²) in [5.74, 6) is -1.35. The Morgan fingerprint density at radius 3 is 2.93 bits per heavy atom. The van der Waals surface area contributed by atoms with Crippen molar-refractivity contribution in [1.29, 1.82) is 0 Å². The summed E-state index contributed by atoms with van der Waals surface area (Å²) < 4.78 is 12.8. The van der Waals surface area contributed by atoms with Gasteiger partial charge in [-0.05, 0) is 30.7 Å². The van der Waals surface area contributed by atoms with Gasteiger partial charge in [-0.25, -0.2) is 4.39 Å². The van der Waals surface area contributed by atoms with E-state index in [2.05, 4.69) is 5.32 Å². The minimum atomic E-state index is -0.956. The van der Waals surface area contributed by atoms with Crippen molar-refractivity contribution in [3.63, 3.8) is 0 Å². The normalized spacial score (nSPS) is 12.5. The Hall–Kier alpha value is -1.13. The molecule has 82 valence electrons. The number of halogens is 2. The van der Waals surface area contributed by atoms with Crippen molar-refractivity contribution in [2.45, 2.75) is 19.5 Å². The van der Waals surface area contributed by atoms with E-state index in [0.29, 0.717) is 10.6 Å². The van der Waals surface area contributed by atoms with Crippen LogP contribution in [-0.2, 0) is 11.3 Å². The summed E-state index contributed by atoms with van der Waals surface area (Å²) in [6.45, 7) is 1.74. The average Bonchev–Trinajstić information content (AvgIpc) is 2.18. The summed E-state index contributed by atoms with van der Waals surface area (Å²) in [7, 11) is 0. The average molecular weight is 232 g/mol. The lowest BCUT2D eigenvalue weighted by molar-refractivity contribution is -0.139. The Labute approximate surface area is 91.9 Å². The smallest absolute Gasteiger partial charge is 0.320 e. The number of hydrogen-bond donors (Lipinski definition) is 2. The number of benzene rings is 1. The van der Waals surface area contributed by atoms with Gasteiger partial charge >= 0.3 is 5.97 Å². The van der Waals surface area contributed by atoms with Gasteiger partial charge in [0.2, 0.25) is 0 Å².